The summed E-state index contributed by atoms with van der Waals surface area (Å²) in [6, 6.07) is 0. The molecule has 1 aromatic heterocycles. The molecule has 6 heteroatoms. The zero-order valence-electron chi connectivity index (χ0n) is 7.19. The van der Waals surface area contributed by atoms with Crippen molar-refractivity contribution in [3.05, 3.63) is 11.7 Å². The van der Waals surface area contributed by atoms with Gasteiger partial charge in [-0.15, -0.1) is 0 Å². The van der Waals surface area contributed by atoms with Gasteiger partial charge < -0.3 is 9.63 Å². The number of aryl methyl sites for hydroxylation is 1. The van der Waals surface area contributed by atoms with Gasteiger partial charge in [0.2, 0.25) is 5.89 Å². The van der Waals surface area contributed by atoms with Crippen molar-refractivity contribution in [2.75, 3.05) is 12.0 Å². The van der Waals surface area contributed by atoms with Crippen LogP contribution in [0.5, 0.6) is 0 Å². The third-order valence-corrected chi connectivity index (χ3v) is 2.10. The zero-order chi connectivity index (χ0) is 9.68. The van der Waals surface area contributed by atoms with E-state index in [2.05, 4.69) is 10.1 Å². The third-order valence-electron chi connectivity index (χ3n) is 1.40. The molecule has 0 amide bonds. The van der Waals surface area contributed by atoms with Crippen molar-refractivity contribution in [1.29, 1.82) is 0 Å². The van der Waals surface area contributed by atoms with Crippen molar-refractivity contribution in [1.82, 2.24) is 10.1 Å². The molecule has 72 valence electrons. The topological polar surface area (TPSA) is 76.2 Å². The van der Waals surface area contributed by atoms with E-state index < -0.39 is 5.97 Å². The molecule has 0 fully saturated rings. The first-order valence-electron chi connectivity index (χ1n) is 3.79. The molecule has 0 saturated carbocycles. The Morgan fingerprint density at radius 1 is 1.69 bits per heavy atom. The van der Waals surface area contributed by atoms with Gasteiger partial charge in [-0.3, -0.25) is 0 Å². The van der Waals surface area contributed by atoms with Crippen molar-refractivity contribution in [2.24, 2.45) is 0 Å². The number of thioether (sulfide) groups is 1. The Morgan fingerprint density at radius 3 is 3.00 bits per heavy atom. The largest absolute Gasteiger partial charge is 0.475 e. The maximum absolute atomic E-state index is 10.4. The van der Waals surface area contributed by atoms with E-state index in [1.54, 1.807) is 11.8 Å². The number of carbonyl (C=O) groups is 1. The van der Waals surface area contributed by atoms with Gasteiger partial charge in [-0.1, -0.05) is 0 Å². The van der Waals surface area contributed by atoms with Gasteiger partial charge in [-0.2, -0.15) is 16.7 Å². The molecule has 0 bridgehead atoms. The monoisotopic (exact) mass is 202 g/mol. The molecule has 0 aliphatic carbocycles. The minimum absolute atomic E-state index is 0.265. The van der Waals surface area contributed by atoms with Crippen LogP contribution in [-0.4, -0.2) is 33.2 Å². The van der Waals surface area contributed by atoms with Crippen LogP contribution in [0.3, 0.4) is 0 Å². The highest BCUT2D eigenvalue weighted by molar-refractivity contribution is 7.98. The van der Waals surface area contributed by atoms with Gasteiger partial charge in [-0.05, 0) is 23.6 Å². The lowest BCUT2D eigenvalue weighted by Crippen LogP contribution is -1.98. The molecule has 13 heavy (non-hydrogen) atoms. The molecule has 1 N–H and O–H groups in total. The third kappa shape index (κ3) is 3.06. The predicted molar refractivity (Wildman–Crippen MR) is 48.0 cm³/mol. The lowest BCUT2D eigenvalue weighted by Gasteiger charge is -1.90. The summed E-state index contributed by atoms with van der Waals surface area (Å²) >= 11 is 1.73. The summed E-state index contributed by atoms with van der Waals surface area (Å²) in [5.41, 5.74) is 0. The average Bonchev–Trinajstić information content (AvgIpc) is 2.53. The van der Waals surface area contributed by atoms with E-state index in [1.807, 2.05) is 6.26 Å². The number of aromatic nitrogens is 2. The van der Waals surface area contributed by atoms with Gasteiger partial charge in [0.05, 0.1) is 0 Å². The smallest absolute Gasteiger partial charge is 0.377 e. The van der Waals surface area contributed by atoms with Crippen LogP contribution in [0.2, 0.25) is 0 Å². The van der Waals surface area contributed by atoms with Crippen LogP contribution in [0.25, 0.3) is 0 Å². The van der Waals surface area contributed by atoms with Crippen LogP contribution in [0, 0.1) is 0 Å². The Kier molecular flexibility index (Phi) is 3.75. The number of carboxylic acids is 1. The Bertz CT molecular complexity index is 287. The lowest BCUT2D eigenvalue weighted by molar-refractivity contribution is 0.0680. The highest BCUT2D eigenvalue weighted by Crippen LogP contribution is 2.04. The molecule has 0 aliphatic heterocycles. The van der Waals surface area contributed by atoms with E-state index in [4.69, 9.17) is 9.63 Å². The second kappa shape index (κ2) is 4.86. The van der Waals surface area contributed by atoms with Gasteiger partial charge >= 0.3 is 5.97 Å². The highest BCUT2D eigenvalue weighted by atomic mass is 32.2. The molecule has 0 aliphatic rings. The van der Waals surface area contributed by atoms with E-state index in [-0.39, 0.29) is 5.82 Å². The van der Waals surface area contributed by atoms with Crippen molar-refractivity contribution in [3.63, 3.8) is 0 Å². The Hall–Kier alpha value is -1.04. The summed E-state index contributed by atoms with van der Waals surface area (Å²) in [6.45, 7) is 0. The van der Waals surface area contributed by atoms with Crippen LogP contribution in [0.1, 0.15) is 22.9 Å². The minimum atomic E-state index is -1.15. The molecule has 0 unspecified atom stereocenters. The molecule has 1 heterocycles. The first-order valence-corrected chi connectivity index (χ1v) is 5.18. The van der Waals surface area contributed by atoms with Gasteiger partial charge in [0.1, 0.15) is 0 Å². The zero-order valence-corrected chi connectivity index (χ0v) is 8.00. The fourth-order valence-electron chi connectivity index (χ4n) is 0.811. The number of aromatic carboxylic acids is 1. The van der Waals surface area contributed by atoms with Crippen LogP contribution in [0.4, 0.5) is 0 Å². The molecule has 0 aromatic carbocycles. The fourth-order valence-corrected chi connectivity index (χ4v) is 1.24. The quantitative estimate of drug-likeness (QED) is 0.719. The number of hydrogen-bond acceptors (Lipinski definition) is 5. The van der Waals surface area contributed by atoms with Gasteiger partial charge in [0.15, 0.2) is 0 Å². The summed E-state index contributed by atoms with van der Waals surface area (Å²) in [6.07, 6.45) is 3.57. The summed E-state index contributed by atoms with van der Waals surface area (Å²) in [4.78, 5) is 14.1. The second-order valence-corrected chi connectivity index (χ2v) is 3.40. The normalized spacial score (nSPS) is 10.2. The number of nitrogens with zero attached hydrogens (tertiary/aromatic N) is 2. The summed E-state index contributed by atoms with van der Waals surface area (Å²) in [5.74, 6) is -0.0180. The SMILES string of the molecule is CSCCCc1nc(C(=O)O)no1. The second-order valence-electron chi connectivity index (χ2n) is 2.41. The number of hydrogen-bond donors (Lipinski definition) is 1. The summed E-state index contributed by atoms with van der Waals surface area (Å²) < 4.78 is 4.72. The summed E-state index contributed by atoms with van der Waals surface area (Å²) in [5, 5.41) is 11.8. The standard InChI is InChI=1S/C7H10N2O3S/c1-13-4-2-3-5-8-6(7(10)11)9-12-5/h2-4H2,1H3,(H,10,11). The van der Waals surface area contributed by atoms with Crippen molar-refractivity contribution < 1.29 is 14.4 Å². The molecule has 1 aromatic rings. The highest BCUT2D eigenvalue weighted by Gasteiger charge is 2.11. The fraction of sp³-hybridized carbons (Fsp3) is 0.571. The Balaban J connectivity index is 2.44. The maximum Gasteiger partial charge on any atom is 0.377 e. The molecular formula is C7H10N2O3S. The van der Waals surface area contributed by atoms with E-state index in [9.17, 15) is 4.79 Å². The van der Waals surface area contributed by atoms with Crippen LogP contribution < -0.4 is 0 Å². The van der Waals surface area contributed by atoms with E-state index in [0.29, 0.717) is 12.3 Å². The van der Waals surface area contributed by atoms with E-state index in [1.165, 1.54) is 0 Å². The summed E-state index contributed by atoms with van der Waals surface area (Å²) in [7, 11) is 0. The first-order chi connectivity index (χ1) is 6.24. The van der Waals surface area contributed by atoms with Gasteiger partial charge in [0.25, 0.3) is 5.82 Å². The van der Waals surface area contributed by atoms with Crippen LogP contribution in [0.15, 0.2) is 4.52 Å². The van der Waals surface area contributed by atoms with Crippen molar-refractivity contribution >= 4 is 17.7 Å². The molecule has 0 spiro atoms. The van der Waals surface area contributed by atoms with Crippen molar-refractivity contribution in [2.45, 2.75) is 12.8 Å². The Labute approximate surface area is 79.5 Å². The molecule has 5 nitrogen and oxygen atoms in total. The van der Waals surface area contributed by atoms with Crippen molar-refractivity contribution in [3.8, 4) is 0 Å². The van der Waals surface area contributed by atoms with Gasteiger partial charge in [0, 0.05) is 6.42 Å². The van der Waals surface area contributed by atoms with Gasteiger partial charge in [-0.25, -0.2) is 4.79 Å². The first kappa shape index (κ1) is 10.0. The molecule has 0 radical (unpaired) electrons. The molecule has 0 atom stereocenters. The van der Waals surface area contributed by atoms with Crippen LogP contribution in [-0.2, 0) is 6.42 Å². The maximum atomic E-state index is 10.4. The lowest BCUT2D eigenvalue weighted by atomic mass is 10.3. The minimum Gasteiger partial charge on any atom is -0.475 e. The molecule has 1 rings (SSSR count). The van der Waals surface area contributed by atoms with E-state index in [0.717, 1.165) is 12.2 Å². The van der Waals surface area contributed by atoms with Crippen LogP contribution >= 0.6 is 11.8 Å². The average molecular weight is 202 g/mol. The number of carboxylic acid groups (broad SMARTS) is 1. The Morgan fingerprint density at radius 2 is 2.46 bits per heavy atom. The molecule has 0 saturated heterocycles. The predicted octanol–water partition coefficient (Wildman–Crippen LogP) is 1.06. The van der Waals surface area contributed by atoms with E-state index >= 15 is 0 Å². The number of rotatable bonds is 5. The molecular weight excluding hydrogens is 192 g/mol.